The standard InChI is InChI=1S/C12H21NO2S2/c1-9(2)12(11-6-5-7-16-11)13-10(3)8-17(4,14)15/h5-7,9-10,12-13H,8H2,1-4H3. The van der Waals surface area contributed by atoms with E-state index in [0.29, 0.717) is 5.92 Å². The molecule has 1 aromatic heterocycles. The van der Waals surface area contributed by atoms with Crippen LogP contribution in [-0.2, 0) is 9.84 Å². The van der Waals surface area contributed by atoms with E-state index in [4.69, 9.17) is 0 Å². The minimum Gasteiger partial charge on any atom is -0.305 e. The molecule has 98 valence electrons. The molecule has 1 aromatic rings. The quantitative estimate of drug-likeness (QED) is 0.867. The van der Waals surface area contributed by atoms with Crippen molar-refractivity contribution in [2.75, 3.05) is 12.0 Å². The summed E-state index contributed by atoms with van der Waals surface area (Å²) in [6.07, 6.45) is 1.28. The highest BCUT2D eigenvalue weighted by molar-refractivity contribution is 7.90. The Bertz CT molecular complexity index is 423. The summed E-state index contributed by atoms with van der Waals surface area (Å²) in [4.78, 5) is 1.26. The highest BCUT2D eigenvalue weighted by atomic mass is 32.2. The van der Waals surface area contributed by atoms with Gasteiger partial charge in [-0.1, -0.05) is 19.9 Å². The van der Waals surface area contributed by atoms with Gasteiger partial charge < -0.3 is 5.32 Å². The second-order valence-electron chi connectivity index (χ2n) is 4.90. The summed E-state index contributed by atoms with van der Waals surface area (Å²) in [5, 5.41) is 5.46. The van der Waals surface area contributed by atoms with Gasteiger partial charge in [0.1, 0.15) is 9.84 Å². The van der Waals surface area contributed by atoms with Gasteiger partial charge in [0.05, 0.1) is 5.75 Å². The molecule has 0 bridgehead atoms. The van der Waals surface area contributed by atoms with E-state index in [9.17, 15) is 8.42 Å². The molecule has 0 aliphatic rings. The minimum atomic E-state index is -2.92. The summed E-state index contributed by atoms with van der Waals surface area (Å²) in [6, 6.07) is 4.32. The highest BCUT2D eigenvalue weighted by Gasteiger charge is 2.20. The summed E-state index contributed by atoms with van der Waals surface area (Å²) in [6.45, 7) is 6.21. The molecule has 0 aromatic carbocycles. The SMILES string of the molecule is CC(CS(C)(=O)=O)NC(c1cccs1)C(C)C. The van der Waals surface area contributed by atoms with Crippen molar-refractivity contribution in [2.45, 2.75) is 32.9 Å². The normalized spacial score (nSPS) is 16.1. The van der Waals surface area contributed by atoms with Crippen LogP contribution < -0.4 is 5.32 Å². The van der Waals surface area contributed by atoms with Crippen molar-refractivity contribution < 1.29 is 8.42 Å². The van der Waals surface area contributed by atoms with Gasteiger partial charge in [-0.05, 0) is 24.3 Å². The van der Waals surface area contributed by atoms with Gasteiger partial charge in [-0.15, -0.1) is 11.3 Å². The largest absolute Gasteiger partial charge is 0.305 e. The first kappa shape index (κ1) is 14.7. The van der Waals surface area contributed by atoms with Crippen LogP contribution in [0, 0.1) is 5.92 Å². The zero-order valence-corrected chi connectivity index (χ0v) is 12.4. The van der Waals surface area contributed by atoms with Crippen molar-refractivity contribution in [2.24, 2.45) is 5.92 Å². The molecular weight excluding hydrogens is 254 g/mol. The molecule has 3 nitrogen and oxygen atoms in total. The molecule has 0 aliphatic carbocycles. The van der Waals surface area contributed by atoms with Gasteiger partial charge in [0.15, 0.2) is 0 Å². The fraction of sp³-hybridized carbons (Fsp3) is 0.667. The number of nitrogens with one attached hydrogen (secondary N) is 1. The summed E-state index contributed by atoms with van der Waals surface area (Å²) in [5.74, 6) is 0.623. The summed E-state index contributed by atoms with van der Waals surface area (Å²) >= 11 is 1.71. The number of sulfone groups is 1. The first-order valence-corrected chi connectivity index (χ1v) is 8.71. The second kappa shape index (κ2) is 5.98. The van der Waals surface area contributed by atoms with Gasteiger partial charge in [-0.2, -0.15) is 0 Å². The Morgan fingerprint density at radius 1 is 1.35 bits per heavy atom. The Morgan fingerprint density at radius 2 is 2.00 bits per heavy atom. The third kappa shape index (κ3) is 5.19. The summed E-state index contributed by atoms with van der Waals surface area (Å²) in [7, 11) is -2.92. The van der Waals surface area contributed by atoms with Crippen LogP contribution in [0.15, 0.2) is 17.5 Å². The van der Waals surface area contributed by atoms with Crippen LogP contribution in [0.1, 0.15) is 31.7 Å². The third-order valence-electron chi connectivity index (χ3n) is 2.53. The zero-order valence-electron chi connectivity index (χ0n) is 10.8. The average molecular weight is 275 g/mol. The average Bonchev–Trinajstić information content (AvgIpc) is 2.63. The Kier molecular flexibility index (Phi) is 5.16. The second-order valence-corrected chi connectivity index (χ2v) is 8.06. The minimum absolute atomic E-state index is 0.0282. The van der Waals surface area contributed by atoms with Crippen molar-refractivity contribution in [1.29, 1.82) is 0 Å². The summed E-state index contributed by atoms with van der Waals surface area (Å²) < 4.78 is 22.5. The van der Waals surface area contributed by atoms with Gasteiger partial charge >= 0.3 is 0 Å². The van der Waals surface area contributed by atoms with E-state index in [0.717, 1.165) is 0 Å². The molecule has 0 saturated carbocycles. The van der Waals surface area contributed by atoms with E-state index in [2.05, 4.69) is 25.2 Å². The van der Waals surface area contributed by atoms with Crippen molar-refractivity contribution >= 4 is 21.2 Å². The number of rotatable bonds is 6. The molecule has 1 rings (SSSR count). The monoisotopic (exact) mass is 275 g/mol. The van der Waals surface area contributed by atoms with Crippen LogP contribution in [0.25, 0.3) is 0 Å². The first-order valence-electron chi connectivity index (χ1n) is 5.77. The molecule has 1 N–H and O–H groups in total. The van der Waals surface area contributed by atoms with Crippen molar-refractivity contribution in [3.05, 3.63) is 22.4 Å². The molecule has 17 heavy (non-hydrogen) atoms. The van der Waals surface area contributed by atoms with Gasteiger partial charge in [0.2, 0.25) is 0 Å². The van der Waals surface area contributed by atoms with E-state index in [-0.39, 0.29) is 17.8 Å². The highest BCUT2D eigenvalue weighted by Crippen LogP contribution is 2.26. The van der Waals surface area contributed by atoms with Crippen LogP contribution in [0.5, 0.6) is 0 Å². The molecule has 0 amide bonds. The lowest BCUT2D eigenvalue weighted by atomic mass is 10.0. The predicted molar refractivity (Wildman–Crippen MR) is 74.2 cm³/mol. The lowest BCUT2D eigenvalue weighted by molar-refractivity contribution is 0.386. The Balaban J connectivity index is 2.69. The molecule has 2 atom stereocenters. The maximum absolute atomic E-state index is 11.2. The number of hydrogen-bond donors (Lipinski definition) is 1. The van der Waals surface area contributed by atoms with Gasteiger partial charge in [0, 0.05) is 23.2 Å². The molecule has 2 unspecified atom stereocenters. The Labute approximate surface area is 108 Å². The lowest BCUT2D eigenvalue weighted by Crippen LogP contribution is -2.37. The van der Waals surface area contributed by atoms with Crippen LogP contribution >= 0.6 is 11.3 Å². The van der Waals surface area contributed by atoms with Crippen molar-refractivity contribution in [1.82, 2.24) is 5.32 Å². The van der Waals surface area contributed by atoms with Crippen molar-refractivity contribution in [3.63, 3.8) is 0 Å². The maximum Gasteiger partial charge on any atom is 0.148 e. The van der Waals surface area contributed by atoms with Gasteiger partial charge in [0.25, 0.3) is 0 Å². The van der Waals surface area contributed by atoms with Crippen molar-refractivity contribution in [3.8, 4) is 0 Å². The Morgan fingerprint density at radius 3 is 2.41 bits per heavy atom. The molecule has 1 heterocycles. The topological polar surface area (TPSA) is 46.2 Å². The summed E-state index contributed by atoms with van der Waals surface area (Å²) in [5.41, 5.74) is 0. The fourth-order valence-electron chi connectivity index (χ4n) is 1.88. The van der Waals surface area contributed by atoms with E-state index in [1.165, 1.54) is 11.1 Å². The van der Waals surface area contributed by atoms with Crippen LogP contribution in [-0.4, -0.2) is 26.5 Å². The van der Waals surface area contributed by atoms with Crippen LogP contribution in [0.2, 0.25) is 0 Å². The molecule has 0 saturated heterocycles. The molecule has 0 spiro atoms. The zero-order chi connectivity index (χ0) is 13.1. The molecule has 0 aliphatic heterocycles. The van der Waals surface area contributed by atoms with Gasteiger partial charge in [-0.25, -0.2) is 8.42 Å². The molecular formula is C12H21NO2S2. The molecule has 0 fully saturated rings. The maximum atomic E-state index is 11.2. The number of hydrogen-bond acceptors (Lipinski definition) is 4. The fourth-order valence-corrected chi connectivity index (χ4v) is 3.84. The number of thiophene rings is 1. The Hall–Kier alpha value is -0.390. The van der Waals surface area contributed by atoms with Crippen LogP contribution in [0.4, 0.5) is 0 Å². The van der Waals surface area contributed by atoms with E-state index < -0.39 is 9.84 Å². The van der Waals surface area contributed by atoms with Gasteiger partial charge in [-0.3, -0.25) is 0 Å². The predicted octanol–water partition coefficient (Wildman–Crippen LogP) is 2.47. The first-order chi connectivity index (χ1) is 7.79. The van der Waals surface area contributed by atoms with E-state index in [1.54, 1.807) is 11.3 Å². The molecule has 5 heteroatoms. The lowest BCUT2D eigenvalue weighted by Gasteiger charge is -2.25. The third-order valence-corrected chi connectivity index (χ3v) is 4.59. The van der Waals surface area contributed by atoms with Crippen LogP contribution in [0.3, 0.4) is 0 Å². The smallest absolute Gasteiger partial charge is 0.148 e. The van der Waals surface area contributed by atoms with E-state index in [1.807, 2.05) is 18.4 Å². The van der Waals surface area contributed by atoms with E-state index >= 15 is 0 Å². The molecule has 0 radical (unpaired) electrons.